The minimum absolute atomic E-state index is 0.359. The Hall–Kier alpha value is -0.480. The SMILES string of the molecule is Nc1c(Cl)cc(C(O)CNC2CCCC2)cc1Cl. The Morgan fingerprint density at radius 3 is 2.39 bits per heavy atom. The number of halogens is 2. The number of aliphatic hydroxyl groups is 1. The van der Waals surface area contributed by atoms with Crippen molar-refractivity contribution in [3.8, 4) is 0 Å². The molecule has 1 unspecified atom stereocenters. The van der Waals surface area contributed by atoms with Crippen LogP contribution in [0.4, 0.5) is 5.69 Å². The Morgan fingerprint density at radius 2 is 1.83 bits per heavy atom. The second-order valence-corrected chi connectivity index (χ2v) is 5.62. The molecular weight excluding hydrogens is 271 g/mol. The zero-order valence-electron chi connectivity index (χ0n) is 10.1. The summed E-state index contributed by atoms with van der Waals surface area (Å²) in [6.45, 7) is 0.515. The van der Waals surface area contributed by atoms with Gasteiger partial charge < -0.3 is 16.2 Å². The standard InChI is InChI=1S/C13H18Cl2N2O/c14-10-5-8(6-11(15)13(10)16)12(18)7-17-9-3-1-2-4-9/h5-6,9,12,17-18H,1-4,7,16H2. The molecule has 0 heterocycles. The molecule has 1 aliphatic carbocycles. The highest BCUT2D eigenvalue weighted by Gasteiger charge is 2.17. The van der Waals surface area contributed by atoms with Crippen molar-refractivity contribution < 1.29 is 5.11 Å². The highest BCUT2D eigenvalue weighted by molar-refractivity contribution is 6.38. The maximum absolute atomic E-state index is 10.1. The van der Waals surface area contributed by atoms with Crippen LogP contribution in [0.15, 0.2) is 12.1 Å². The zero-order chi connectivity index (χ0) is 13.1. The Balaban J connectivity index is 1.97. The molecule has 0 spiro atoms. The van der Waals surface area contributed by atoms with Gasteiger partial charge in [-0.2, -0.15) is 0 Å². The van der Waals surface area contributed by atoms with Gasteiger partial charge in [0.25, 0.3) is 0 Å². The first-order valence-corrected chi connectivity index (χ1v) is 6.99. The lowest BCUT2D eigenvalue weighted by Gasteiger charge is -2.17. The van der Waals surface area contributed by atoms with Crippen molar-refractivity contribution in [3.05, 3.63) is 27.7 Å². The average molecular weight is 289 g/mol. The zero-order valence-corrected chi connectivity index (χ0v) is 11.6. The molecule has 0 bridgehead atoms. The van der Waals surface area contributed by atoms with E-state index in [-0.39, 0.29) is 0 Å². The number of nitrogens with one attached hydrogen (secondary N) is 1. The molecule has 1 aromatic rings. The summed E-state index contributed by atoms with van der Waals surface area (Å²) in [6.07, 6.45) is 4.31. The fraction of sp³-hybridized carbons (Fsp3) is 0.538. The summed E-state index contributed by atoms with van der Waals surface area (Å²) in [4.78, 5) is 0. The van der Waals surface area contributed by atoms with Crippen LogP contribution in [-0.4, -0.2) is 17.7 Å². The smallest absolute Gasteiger partial charge is 0.0915 e. The van der Waals surface area contributed by atoms with Crippen LogP contribution in [0.5, 0.6) is 0 Å². The van der Waals surface area contributed by atoms with E-state index in [4.69, 9.17) is 28.9 Å². The number of anilines is 1. The van der Waals surface area contributed by atoms with Crippen molar-refractivity contribution in [1.82, 2.24) is 5.32 Å². The van der Waals surface area contributed by atoms with Gasteiger partial charge in [-0.25, -0.2) is 0 Å². The van der Waals surface area contributed by atoms with Gasteiger partial charge in [0, 0.05) is 12.6 Å². The summed E-state index contributed by atoms with van der Waals surface area (Å²) in [7, 11) is 0. The molecule has 5 heteroatoms. The summed E-state index contributed by atoms with van der Waals surface area (Å²) in [5.41, 5.74) is 6.72. The maximum atomic E-state index is 10.1. The van der Waals surface area contributed by atoms with Crippen LogP contribution in [0, 0.1) is 0 Å². The minimum Gasteiger partial charge on any atom is -0.396 e. The first-order valence-electron chi connectivity index (χ1n) is 6.24. The molecule has 1 saturated carbocycles. The molecule has 1 atom stereocenters. The van der Waals surface area contributed by atoms with Gasteiger partial charge in [-0.05, 0) is 30.5 Å². The van der Waals surface area contributed by atoms with E-state index in [2.05, 4.69) is 5.32 Å². The summed E-state index contributed by atoms with van der Waals surface area (Å²) in [5, 5.41) is 14.2. The molecule has 100 valence electrons. The van der Waals surface area contributed by atoms with Gasteiger partial charge >= 0.3 is 0 Å². The highest BCUT2D eigenvalue weighted by Crippen LogP contribution is 2.31. The summed E-state index contributed by atoms with van der Waals surface area (Å²) >= 11 is 11.9. The van der Waals surface area contributed by atoms with Crippen LogP contribution in [0.3, 0.4) is 0 Å². The van der Waals surface area contributed by atoms with Gasteiger partial charge in [0.05, 0.1) is 21.8 Å². The van der Waals surface area contributed by atoms with Crippen LogP contribution in [-0.2, 0) is 0 Å². The van der Waals surface area contributed by atoms with Crippen LogP contribution in [0.25, 0.3) is 0 Å². The Kier molecular flexibility index (Phi) is 4.73. The van der Waals surface area contributed by atoms with Crippen LogP contribution in [0.1, 0.15) is 37.4 Å². The predicted octanol–water partition coefficient (Wildman–Crippen LogP) is 3.14. The monoisotopic (exact) mass is 288 g/mol. The number of hydrogen-bond donors (Lipinski definition) is 3. The Bertz CT molecular complexity index is 396. The highest BCUT2D eigenvalue weighted by atomic mass is 35.5. The van der Waals surface area contributed by atoms with Gasteiger partial charge in [-0.1, -0.05) is 36.0 Å². The fourth-order valence-corrected chi connectivity index (χ4v) is 2.83. The third-order valence-corrected chi connectivity index (χ3v) is 4.07. The van der Waals surface area contributed by atoms with E-state index >= 15 is 0 Å². The van der Waals surface area contributed by atoms with Crippen molar-refractivity contribution in [2.75, 3.05) is 12.3 Å². The Labute approximate surface area is 117 Å². The lowest BCUT2D eigenvalue weighted by molar-refractivity contribution is 0.170. The first-order chi connectivity index (χ1) is 8.58. The number of nitrogens with two attached hydrogens (primary N) is 1. The lowest BCUT2D eigenvalue weighted by atomic mass is 10.1. The first kappa shape index (κ1) is 13.9. The number of hydrogen-bond acceptors (Lipinski definition) is 3. The molecule has 0 radical (unpaired) electrons. The molecule has 2 rings (SSSR count). The molecule has 1 aromatic carbocycles. The number of benzene rings is 1. The Morgan fingerprint density at radius 1 is 1.28 bits per heavy atom. The van der Waals surface area contributed by atoms with Gasteiger partial charge in [-0.3, -0.25) is 0 Å². The van der Waals surface area contributed by atoms with Crippen molar-refractivity contribution in [1.29, 1.82) is 0 Å². The second kappa shape index (κ2) is 6.11. The van der Waals surface area contributed by atoms with Gasteiger partial charge in [0.2, 0.25) is 0 Å². The van der Waals surface area contributed by atoms with E-state index in [0.717, 1.165) is 0 Å². The van der Waals surface area contributed by atoms with Gasteiger partial charge in [0.15, 0.2) is 0 Å². The summed E-state index contributed by atoms with van der Waals surface area (Å²) in [5.74, 6) is 0. The van der Waals surface area contributed by atoms with Crippen LogP contribution >= 0.6 is 23.2 Å². The molecular formula is C13H18Cl2N2O. The predicted molar refractivity (Wildman–Crippen MR) is 76.1 cm³/mol. The average Bonchev–Trinajstić information content (AvgIpc) is 2.85. The largest absolute Gasteiger partial charge is 0.396 e. The normalized spacial score (nSPS) is 18.2. The minimum atomic E-state index is -0.610. The van der Waals surface area contributed by atoms with Crippen molar-refractivity contribution in [2.45, 2.75) is 37.8 Å². The molecule has 3 nitrogen and oxygen atoms in total. The lowest BCUT2D eigenvalue weighted by Crippen LogP contribution is -2.30. The van der Waals surface area contributed by atoms with E-state index in [1.54, 1.807) is 12.1 Å². The number of aliphatic hydroxyl groups excluding tert-OH is 1. The van der Waals surface area contributed by atoms with E-state index in [0.29, 0.717) is 33.9 Å². The van der Waals surface area contributed by atoms with Crippen LogP contribution in [0.2, 0.25) is 10.0 Å². The fourth-order valence-electron chi connectivity index (χ4n) is 2.32. The molecule has 1 aliphatic rings. The third kappa shape index (κ3) is 3.29. The molecule has 0 aliphatic heterocycles. The summed E-state index contributed by atoms with van der Waals surface area (Å²) in [6, 6.07) is 3.87. The second-order valence-electron chi connectivity index (χ2n) is 4.80. The molecule has 4 N–H and O–H groups in total. The van der Waals surface area contributed by atoms with Gasteiger partial charge in [0.1, 0.15) is 0 Å². The van der Waals surface area contributed by atoms with E-state index in [1.807, 2.05) is 0 Å². The van der Waals surface area contributed by atoms with Gasteiger partial charge in [-0.15, -0.1) is 0 Å². The molecule has 0 amide bonds. The van der Waals surface area contributed by atoms with E-state index < -0.39 is 6.10 Å². The number of nitrogen functional groups attached to an aromatic ring is 1. The molecule has 18 heavy (non-hydrogen) atoms. The summed E-state index contributed by atoms with van der Waals surface area (Å²) < 4.78 is 0. The van der Waals surface area contributed by atoms with E-state index in [1.165, 1.54) is 25.7 Å². The third-order valence-electron chi connectivity index (χ3n) is 3.44. The van der Waals surface area contributed by atoms with E-state index in [9.17, 15) is 5.11 Å². The topological polar surface area (TPSA) is 58.3 Å². The molecule has 0 aromatic heterocycles. The molecule has 1 fully saturated rings. The molecule has 0 saturated heterocycles. The quantitative estimate of drug-likeness (QED) is 0.746. The van der Waals surface area contributed by atoms with Crippen molar-refractivity contribution in [3.63, 3.8) is 0 Å². The number of rotatable bonds is 4. The van der Waals surface area contributed by atoms with Crippen LogP contribution < -0.4 is 11.1 Å². The van der Waals surface area contributed by atoms with Crippen molar-refractivity contribution >= 4 is 28.9 Å². The maximum Gasteiger partial charge on any atom is 0.0915 e. The van der Waals surface area contributed by atoms with Crippen molar-refractivity contribution in [2.24, 2.45) is 0 Å².